The molecule has 0 aliphatic carbocycles. The first-order chi connectivity index (χ1) is 7.13. The van der Waals surface area contributed by atoms with Crippen LogP contribution in [0.25, 0.3) is 10.6 Å². The van der Waals surface area contributed by atoms with Crippen LogP contribution in [0.2, 0.25) is 0 Å². The molecular formula is C11H15N3S. The van der Waals surface area contributed by atoms with Gasteiger partial charge < -0.3 is 10.7 Å². The van der Waals surface area contributed by atoms with Crippen molar-refractivity contribution in [1.29, 1.82) is 0 Å². The number of hydrogen-bond acceptors (Lipinski definition) is 3. The van der Waals surface area contributed by atoms with Gasteiger partial charge in [0.2, 0.25) is 0 Å². The van der Waals surface area contributed by atoms with Gasteiger partial charge in [0, 0.05) is 0 Å². The standard InChI is InChI=1S/C11H15N3S/c1-3-11(2,12)10-13-7-8(14-10)9-5-4-6-15-9/h4-7H,3,12H2,1-2H3,(H,13,14). The molecule has 3 N–H and O–H groups in total. The molecule has 0 spiro atoms. The number of hydrogen-bond donors (Lipinski definition) is 2. The molecule has 15 heavy (non-hydrogen) atoms. The molecule has 2 aromatic heterocycles. The first-order valence-electron chi connectivity index (χ1n) is 5.01. The Morgan fingerprint density at radius 2 is 2.40 bits per heavy atom. The summed E-state index contributed by atoms with van der Waals surface area (Å²) in [6.45, 7) is 4.05. The van der Waals surface area contributed by atoms with E-state index in [1.165, 1.54) is 4.88 Å². The van der Waals surface area contributed by atoms with E-state index < -0.39 is 0 Å². The maximum atomic E-state index is 6.11. The van der Waals surface area contributed by atoms with Crippen molar-refractivity contribution < 1.29 is 0 Å². The highest BCUT2D eigenvalue weighted by atomic mass is 32.1. The van der Waals surface area contributed by atoms with E-state index in [0.717, 1.165) is 17.9 Å². The molecule has 0 saturated heterocycles. The van der Waals surface area contributed by atoms with Crippen molar-refractivity contribution in [3.8, 4) is 10.6 Å². The van der Waals surface area contributed by atoms with E-state index in [2.05, 4.69) is 28.3 Å². The molecule has 80 valence electrons. The molecule has 2 aromatic rings. The Morgan fingerprint density at radius 3 is 3.00 bits per heavy atom. The van der Waals surface area contributed by atoms with E-state index in [0.29, 0.717) is 0 Å². The van der Waals surface area contributed by atoms with Gasteiger partial charge in [-0.15, -0.1) is 11.3 Å². The number of aromatic nitrogens is 2. The summed E-state index contributed by atoms with van der Waals surface area (Å²) >= 11 is 1.70. The number of aromatic amines is 1. The molecular weight excluding hydrogens is 206 g/mol. The van der Waals surface area contributed by atoms with Crippen LogP contribution in [0.4, 0.5) is 0 Å². The number of nitrogens with one attached hydrogen (secondary N) is 1. The zero-order valence-electron chi connectivity index (χ0n) is 8.95. The van der Waals surface area contributed by atoms with Gasteiger partial charge in [0.25, 0.3) is 0 Å². The number of nitrogens with two attached hydrogens (primary N) is 1. The minimum atomic E-state index is -0.366. The summed E-state index contributed by atoms with van der Waals surface area (Å²) in [5, 5.41) is 2.05. The second-order valence-corrected chi connectivity index (χ2v) is 4.84. The van der Waals surface area contributed by atoms with Crippen molar-refractivity contribution in [1.82, 2.24) is 9.97 Å². The monoisotopic (exact) mass is 221 g/mol. The fourth-order valence-electron chi connectivity index (χ4n) is 1.34. The third-order valence-corrected chi connectivity index (χ3v) is 3.54. The van der Waals surface area contributed by atoms with Gasteiger partial charge in [-0.2, -0.15) is 0 Å². The van der Waals surface area contributed by atoms with Gasteiger partial charge in [0.15, 0.2) is 0 Å². The lowest BCUT2D eigenvalue weighted by Crippen LogP contribution is -2.33. The van der Waals surface area contributed by atoms with Crippen LogP contribution in [-0.2, 0) is 5.54 Å². The number of H-pyrrole nitrogens is 1. The SMILES string of the molecule is CCC(C)(N)c1ncc(-c2cccs2)[nH]1. The van der Waals surface area contributed by atoms with Gasteiger partial charge in [-0.05, 0) is 24.8 Å². The smallest absolute Gasteiger partial charge is 0.126 e. The zero-order chi connectivity index (χ0) is 10.9. The highest BCUT2D eigenvalue weighted by molar-refractivity contribution is 7.13. The van der Waals surface area contributed by atoms with E-state index in [9.17, 15) is 0 Å². The van der Waals surface area contributed by atoms with Crippen molar-refractivity contribution in [2.75, 3.05) is 0 Å². The second kappa shape index (κ2) is 3.79. The Hall–Kier alpha value is -1.13. The topological polar surface area (TPSA) is 54.7 Å². The highest BCUT2D eigenvalue weighted by Crippen LogP contribution is 2.25. The largest absolute Gasteiger partial charge is 0.340 e. The fraction of sp³-hybridized carbons (Fsp3) is 0.364. The molecule has 1 atom stereocenters. The molecule has 4 heteroatoms. The van der Waals surface area contributed by atoms with Crippen LogP contribution in [0.15, 0.2) is 23.7 Å². The summed E-state index contributed by atoms with van der Waals surface area (Å²) in [5.74, 6) is 0.855. The van der Waals surface area contributed by atoms with E-state index >= 15 is 0 Å². The molecule has 0 amide bonds. The molecule has 0 fully saturated rings. The second-order valence-electron chi connectivity index (χ2n) is 3.89. The van der Waals surface area contributed by atoms with E-state index in [1.807, 2.05) is 19.2 Å². The van der Waals surface area contributed by atoms with Gasteiger partial charge in [-0.25, -0.2) is 4.98 Å². The maximum absolute atomic E-state index is 6.11. The summed E-state index contributed by atoms with van der Waals surface area (Å²) in [5.41, 5.74) is 6.79. The van der Waals surface area contributed by atoms with Crippen molar-refractivity contribution in [3.63, 3.8) is 0 Å². The number of imidazole rings is 1. The van der Waals surface area contributed by atoms with Crippen LogP contribution in [-0.4, -0.2) is 9.97 Å². The lowest BCUT2D eigenvalue weighted by molar-refractivity contribution is 0.450. The Balaban J connectivity index is 2.33. The number of thiophene rings is 1. The van der Waals surface area contributed by atoms with Gasteiger partial charge in [-0.3, -0.25) is 0 Å². The van der Waals surface area contributed by atoms with Crippen molar-refractivity contribution >= 4 is 11.3 Å². The van der Waals surface area contributed by atoms with Gasteiger partial charge in [0.1, 0.15) is 5.82 Å². The van der Waals surface area contributed by atoms with E-state index in [1.54, 1.807) is 11.3 Å². The third kappa shape index (κ3) is 1.96. The average molecular weight is 221 g/mol. The minimum absolute atomic E-state index is 0.366. The lowest BCUT2D eigenvalue weighted by Gasteiger charge is -2.19. The Bertz CT molecular complexity index is 428. The summed E-state index contributed by atoms with van der Waals surface area (Å²) in [7, 11) is 0. The molecule has 2 heterocycles. The van der Waals surface area contributed by atoms with E-state index in [-0.39, 0.29) is 5.54 Å². The van der Waals surface area contributed by atoms with Crippen molar-refractivity contribution in [3.05, 3.63) is 29.5 Å². The zero-order valence-corrected chi connectivity index (χ0v) is 9.77. The van der Waals surface area contributed by atoms with Crippen LogP contribution in [0.1, 0.15) is 26.1 Å². The molecule has 0 aliphatic rings. The summed E-state index contributed by atoms with van der Waals surface area (Å²) in [6.07, 6.45) is 2.71. The number of rotatable bonds is 3. The Labute approximate surface area is 93.4 Å². The normalized spacial score (nSPS) is 15.1. The Morgan fingerprint density at radius 1 is 1.60 bits per heavy atom. The molecule has 0 radical (unpaired) electrons. The molecule has 3 nitrogen and oxygen atoms in total. The van der Waals surface area contributed by atoms with Crippen LogP contribution >= 0.6 is 11.3 Å². The third-order valence-electron chi connectivity index (χ3n) is 2.64. The average Bonchev–Trinajstić information content (AvgIpc) is 2.88. The summed E-state index contributed by atoms with van der Waals surface area (Å²) in [6, 6.07) is 4.10. The predicted molar refractivity (Wildman–Crippen MR) is 63.7 cm³/mol. The molecule has 2 rings (SSSR count). The number of nitrogens with zero attached hydrogens (tertiary/aromatic N) is 1. The van der Waals surface area contributed by atoms with Crippen LogP contribution < -0.4 is 5.73 Å². The van der Waals surface area contributed by atoms with Crippen molar-refractivity contribution in [2.24, 2.45) is 5.73 Å². The van der Waals surface area contributed by atoms with Gasteiger partial charge >= 0.3 is 0 Å². The first kappa shape index (κ1) is 10.4. The quantitative estimate of drug-likeness (QED) is 0.837. The van der Waals surface area contributed by atoms with Crippen molar-refractivity contribution in [2.45, 2.75) is 25.8 Å². The molecule has 0 aromatic carbocycles. The Kier molecular flexibility index (Phi) is 2.63. The fourth-order valence-corrected chi connectivity index (χ4v) is 2.03. The predicted octanol–water partition coefficient (Wildman–Crippen LogP) is 2.72. The highest BCUT2D eigenvalue weighted by Gasteiger charge is 2.22. The van der Waals surface area contributed by atoms with Crippen LogP contribution in [0, 0.1) is 0 Å². The molecule has 0 aliphatic heterocycles. The minimum Gasteiger partial charge on any atom is -0.340 e. The van der Waals surface area contributed by atoms with Crippen LogP contribution in [0.3, 0.4) is 0 Å². The first-order valence-corrected chi connectivity index (χ1v) is 5.89. The maximum Gasteiger partial charge on any atom is 0.126 e. The van der Waals surface area contributed by atoms with Gasteiger partial charge in [-0.1, -0.05) is 13.0 Å². The lowest BCUT2D eigenvalue weighted by atomic mass is 10.0. The summed E-state index contributed by atoms with van der Waals surface area (Å²) in [4.78, 5) is 8.82. The van der Waals surface area contributed by atoms with Crippen LogP contribution in [0.5, 0.6) is 0 Å². The van der Waals surface area contributed by atoms with Gasteiger partial charge in [0.05, 0.1) is 22.3 Å². The molecule has 0 saturated carbocycles. The summed E-state index contributed by atoms with van der Waals surface area (Å²) < 4.78 is 0. The molecule has 0 bridgehead atoms. The van der Waals surface area contributed by atoms with E-state index in [4.69, 9.17) is 5.73 Å². The molecule has 1 unspecified atom stereocenters.